The highest BCUT2D eigenvalue weighted by molar-refractivity contribution is 7.98. The smallest absolute Gasteiger partial charge is 0.282 e. The molecule has 0 bridgehead atoms. The molecule has 0 fully saturated rings. The number of hydrogen-bond acceptors (Lipinski definition) is 7. The molecule has 0 radical (unpaired) electrons. The van der Waals surface area contributed by atoms with Crippen LogP contribution in [0.25, 0.3) is 11.4 Å². The first kappa shape index (κ1) is 22.4. The third kappa shape index (κ3) is 5.35. The second-order valence-electron chi connectivity index (χ2n) is 7.02. The first-order valence-corrected chi connectivity index (χ1v) is 12.2. The van der Waals surface area contributed by atoms with E-state index in [2.05, 4.69) is 25.7 Å². The van der Waals surface area contributed by atoms with E-state index in [1.807, 2.05) is 66.9 Å². The van der Waals surface area contributed by atoms with Crippen LogP contribution in [0.5, 0.6) is 0 Å². The first-order chi connectivity index (χ1) is 15.5. The lowest BCUT2D eigenvalue weighted by Gasteiger charge is -2.06. The minimum absolute atomic E-state index is 0.221. The number of carbonyl (C=O) groups excluding carboxylic acids is 1. The van der Waals surface area contributed by atoms with Crippen molar-refractivity contribution in [1.82, 2.24) is 30.3 Å². The van der Waals surface area contributed by atoms with Crippen LogP contribution in [0.2, 0.25) is 5.02 Å². The number of aromatic nitrogens is 5. The number of amides is 1. The number of nitrogens with zero attached hydrogens (tertiary/aromatic N) is 5. The molecule has 0 unspecified atom stereocenters. The van der Waals surface area contributed by atoms with E-state index in [0.29, 0.717) is 22.3 Å². The number of thioether (sulfide) groups is 1. The predicted octanol–water partition coefficient (Wildman–Crippen LogP) is 5.00. The van der Waals surface area contributed by atoms with Crippen LogP contribution in [0.3, 0.4) is 0 Å². The van der Waals surface area contributed by atoms with Crippen LogP contribution in [-0.2, 0) is 18.8 Å². The topological polar surface area (TPSA) is 85.6 Å². The summed E-state index contributed by atoms with van der Waals surface area (Å²) in [5, 5.41) is 22.4. The van der Waals surface area contributed by atoms with Crippen molar-refractivity contribution < 1.29 is 4.79 Å². The van der Waals surface area contributed by atoms with Gasteiger partial charge < -0.3 is 9.88 Å². The Morgan fingerprint density at radius 1 is 1.06 bits per heavy atom. The van der Waals surface area contributed by atoms with Gasteiger partial charge in [0.2, 0.25) is 5.01 Å². The van der Waals surface area contributed by atoms with Crippen LogP contribution >= 0.6 is 34.7 Å². The Morgan fingerprint density at radius 2 is 1.81 bits per heavy atom. The largest absolute Gasteiger partial charge is 0.346 e. The highest BCUT2D eigenvalue weighted by Crippen LogP contribution is 2.28. The van der Waals surface area contributed by atoms with Gasteiger partial charge in [0, 0.05) is 23.7 Å². The average Bonchev–Trinajstić information content (AvgIpc) is 3.44. The summed E-state index contributed by atoms with van der Waals surface area (Å²) in [6, 6.07) is 15.6. The fourth-order valence-electron chi connectivity index (χ4n) is 2.99. The number of halogens is 1. The third-order valence-electron chi connectivity index (χ3n) is 4.69. The molecule has 2 aromatic heterocycles. The predicted molar refractivity (Wildman–Crippen MR) is 128 cm³/mol. The van der Waals surface area contributed by atoms with Gasteiger partial charge in [-0.2, -0.15) is 0 Å². The Kier molecular flexibility index (Phi) is 7.19. The number of aryl methyl sites for hydroxylation is 1. The normalized spacial score (nSPS) is 11.0. The molecule has 0 aliphatic carbocycles. The quantitative estimate of drug-likeness (QED) is 0.354. The Morgan fingerprint density at radius 3 is 2.53 bits per heavy atom. The zero-order valence-corrected chi connectivity index (χ0v) is 20.0. The molecule has 0 saturated heterocycles. The van der Waals surface area contributed by atoms with E-state index < -0.39 is 0 Å². The molecule has 2 aromatic carbocycles. The highest BCUT2D eigenvalue weighted by Gasteiger charge is 2.16. The Labute approximate surface area is 199 Å². The molecule has 32 heavy (non-hydrogen) atoms. The molecule has 1 N–H and O–H groups in total. The zero-order chi connectivity index (χ0) is 22.5. The summed E-state index contributed by atoms with van der Waals surface area (Å²) in [6.45, 7) is 5.27. The molecule has 0 aliphatic heterocycles. The second-order valence-corrected chi connectivity index (χ2v) is 9.46. The van der Waals surface area contributed by atoms with E-state index in [1.54, 1.807) is 0 Å². The molecule has 0 saturated carbocycles. The molecule has 0 atom stereocenters. The molecule has 4 aromatic rings. The van der Waals surface area contributed by atoms with Crippen LogP contribution in [0.15, 0.2) is 53.7 Å². The van der Waals surface area contributed by atoms with Crippen molar-refractivity contribution in [2.75, 3.05) is 0 Å². The van der Waals surface area contributed by atoms with E-state index in [9.17, 15) is 4.79 Å². The molecule has 0 aliphatic rings. The van der Waals surface area contributed by atoms with Crippen LogP contribution in [-0.4, -0.2) is 30.9 Å². The van der Waals surface area contributed by atoms with Gasteiger partial charge >= 0.3 is 0 Å². The van der Waals surface area contributed by atoms with Crippen molar-refractivity contribution in [2.24, 2.45) is 0 Å². The fourth-order valence-corrected chi connectivity index (χ4v) is 4.86. The van der Waals surface area contributed by atoms with Crippen molar-refractivity contribution in [3.8, 4) is 11.4 Å². The maximum absolute atomic E-state index is 12.4. The second kappa shape index (κ2) is 10.2. The molecule has 10 heteroatoms. The van der Waals surface area contributed by atoms with E-state index in [0.717, 1.165) is 33.7 Å². The van der Waals surface area contributed by atoms with Gasteiger partial charge in [-0.3, -0.25) is 4.79 Å². The minimum atomic E-state index is -0.221. The summed E-state index contributed by atoms with van der Waals surface area (Å²) < 4.78 is 2.05. The molecule has 1 amide bonds. The lowest BCUT2D eigenvalue weighted by atomic mass is 10.1. The lowest BCUT2D eigenvalue weighted by Crippen LogP contribution is -2.22. The van der Waals surface area contributed by atoms with E-state index >= 15 is 0 Å². The minimum Gasteiger partial charge on any atom is -0.346 e. The summed E-state index contributed by atoms with van der Waals surface area (Å²) in [5.41, 5.74) is 3.18. The molecule has 164 valence electrons. The van der Waals surface area contributed by atoms with Gasteiger partial charge in [0.1, 0.15) is 5.01 Å². The summed E-state index contributed by atoms with van der Waals surface area (Å²) in [6.07, 6.45) is 0. The summed E-state index contributed by atoms with van der Waals surface area (Å²) in [7, 11) is 0. The summed E-state index contributed by atoms with van der Waals surface area (Å²) in [5.74, 6) is 1.13. The summed E-state index contributed by atoms with van der Waals surface area (Å²) >= 11 is 8.80. The molecule has 2 heterocycles. The van der Waals surface area contributed by atoms with Crippen molar-refractivity contribution in [1.29, 1.82) is 0 Å². The number of benzene rings is 2. The van der Waals surface area contributed by atoms with Gasteiger partial charge in [0.25, 0.3) is 5.91 Å². The molecular formula is C22H21ClN6OS2. The highest BCUT2D eigenvalue weighted by atomic mass is 35.5. The van der Waals surface area contributed by atoms with Crippen molar-refractivity contribution >= 4 is 40.6 Å². The zero-order valence-electron chi connectivity index (χ0n) is 17.6. The van der Waals surface area contributed by atoms with Gasteiger partial charge in [0.05, 0.1) is 5.75 Å². The average molecular weight is 485 g/mol. The van der Waals surface area contributed by atoms with Crippen molar-refractivity contribution in [3.05, 3.63) is 74.7 Å². The molecule has 4 rings (SSSR count). The number of rotatable bonds is 8. The standard InChI is InChI=1S/C22H21ClN6OS2/c1-3-29-19(16-8-10-17(23)11-9-16)26-28-22(29)31-13-18-25-27-21(32-18)20(30)24-12-15-6-4-14(2)5-7-15/h4-11H,3,12-13H2,1-2H3,(H,24,30). The lowest BCUT2D eigenvalue weighted by molar-refractivity contribution is 0.0950. The van der Waals surface area contributed by atoms with E-state index in [4.69, 9.17) is 11.6 Å². The fraction of sp³-hybridized carbons (Fsp3) is 0.227. The van der Waals surface area contributed by atoms with Crippen molar-refractivity contribution in [3.63, 3.8) is 0 Å². The van der Waals surface area contributed by atoms with Gasteiger partial charge in [-0.05, 0) is 43.7 Å². The molecule has 7 nitrogen and oxygen atoms in total. The van der Waals surface area contributed by atoms with Gasteiger partial charge in [0.15, 0.2) is 11.0 Å². The first-order valence-electron chi connectivity index (χ1n) is 10.0. The van der Waals surface area contributed by atoms with Crippen LogP contribution < -0.4 is 5.32 Å². The molecular weight excluding hydrogens is 464 g/mol. The summed E-state index contributed by atoms with van der Waals surface area (Å²) in [4.78, 5) is 12.4. The SMILES string of the molecule is CCn1c(SCc2nnc(C(=O)NCc3ccc(C)cc3)s2)nnc1-c1ccc(Cl)cc1. The van der Waals surface area contributed by atoms with Crippen LogP contribution in [0.1, 0.15) is 32.9 Å². The Balaban J connectivity index is 1.37. The van der Waals surface area contributed by atoms with Crippen molar-refractivity contribution in [2.45, 2.75) is 37.8 Å². The maximum Gasteiger partial charge on any atom is 0.282 e. The van der Waals surface area contributed by atoms with Crippen LogP contribution in [0, 0.1) is 6.92 Å². The number of nitrogens with one attached hydrogen (secondary N) is 1. The molecule has 0 spiro atoms. The van der Waals surface area contributed by atoms with Crippen LogP contribution in [0.4, 0.5) is 0 Å². The number of hydrogen-bond donors (Lipinski definition) is 1. The van der Waals surface area contributed by atoms with Gasteiger partial charge in [-0.15, -0.1) is 20.4 Å². The Hall–Kier alpha value is -2.75. The van der Waals surface area contributed by atoms with Gasteiger partial charge in [-0.1, -0.05) is 64.5 Å². The van der Waals surface area contributed by atoms with E-state index in [-0.39, 0.29) is 5.91 Å². The van der Waals surface area contributed by atoms with Gasteiger partial charge in [-0.25, -0.2) is 0 Å². The Bertz CT molecular complexity index is 1200. The number of carbonyl (C=O) groups is 1. The maximum atomic E-state index is 12.4. The third-order valence-corrected chi connectivity index (χ3v) is 7.03. The monoisotopic (exact) mass is 484 g/mol. The van der Waals surface area contributed by atoms with E-state index in [1.165, 1.54) is 28.7 Å².